The Bertz CT molecular complexity index is 764. The van der Waals surface area contributed by atoms with Crippen LogP contribution < -0.4 is 5.32 Å². The average molecular weight is 333 g/mol. The van der Waals surface area contributed by atoms with E-state index in [1.807, 2.05) is 19.2 Å². The molecule has 0 atom stereocenters. The van der Waals surface area contributed by atoms with Gasteiger partial charge in [0.1, 0.15) is 5.82 Å². The molecule has 0 amide bonds. The second-order valence-electron chi connectivity index (χ2n) is 4.79. The molecule has 1 aromatic heterocycles. The highest BCUT2D eigenvalue weighted by molar-refractivity contribution is 9.10. The predicted molar refractivity (Wildman–Crippen MR) is 84.5 cm³/mol. The van der Waals surface area contributed by atoms with E-state index in [4.69, 9.17) is 0 Å². The van der Waals surface area contributed by atoms with Gasteiger partial charge < -0.3 is 10.3 Å². The minimum absolute atomic E-state index is 0.235. The van der Waals surface area contributed by atoms with Crippen molar-refractivity contribution in [3.8, 4) is 0 Å². The van der Waals surface area contributed by atoms with Crippen molar-refractivity contribution in [1.82, 2.24) is 4.98 Å². The highest BCUT2D eigenvalue weighted by Gasteiger charge is 2.06. The predicted octanol–water partition coefficient (Wildman–Crippen LogP) is 4.99. The second-order valence-corrected chi connectivity index (χ2v) is 5.65. The van der Waals surface area contributed by atoms with Crippen LogP contribution in [0.1, 0.15) is 11.1 Å². The van der Waals surface area contributed by atoms with E-state index in [0.29, 0.717) is 11.0 Å². The molecule has 0 bridgehead atoms. The summed E-state index contributed by atoms with van der Waals surface area (Å²) in [5.41, 5.74) is 4.17. The third-order valence-electron chi connectivity index (χ3n) is 3.42. The van der Waals surface area contributed by atoms with Crippen LogP contribution in [0, 0.1) is 12.7 Å². The molecule has 0 aliphatic heterocycles. The van der Waals surface area contributed by atoms with Crippen molar-refractivity contribution in [2.45, 2.75) is 13.5 Å². The maximum absolute atomic E-state index is 13.4. The molecule has 0 aliphatic rings. The van der Waals surface area contributed by atoms with Gasteiger partial charge in [0.25, 0.3) is 0 Å². The summed E-state index contributed by atoms with van der Waals surface area (Å²) in [5.74, 6) is -0.235. The Morgan fingerprint density at radius 1 is 1.25 bits per heavy atom. The van der Waals surface area contributed by atoms with Crippen LogP contribution in [0.25, 0.3) is 10.9 Å². The van der Waals surface area contributed by atoms with Gasteiger partial charge in [-0.3, -0.25) is 0 Å². The van der Waals surface area contributed by atoms with Gasteiger partial charge in [0.15, 0.2) is 0 Å². The minimum Gasteiger partial charge on any atom is -0.381 e. The van der Waals surface area contributed by atoms with E-state index in [1.54, 1.807) is 6.07 Å². The standard InChI is InChI=1S/C16H14BrFN2/c1-10-7-14(18)13(17)8-16(10)20-9-11-3-2-4-15-12(11)5-6-19-15/h2-8,19-20H,9H2,1H3. The molecule has 0 saturated carbocycles. The summed E-state index contributed by atoms with van der Waals surface area (Å²) in [6.07, 6.45) is 1.94. The van der Waals surface area contributed by atoms with E-state index < -0.39 is 0 Å². The molecular formula is C16H14BrFN2. The summed E-state index contributed by atoms with van der Waals surface area (Å²) in [5, 5.41) is 4.58. The smallest absolute Gasteiger partial charge is 0.137 e. The van der Waals surface area contributed by atoms with Gasteiger partial charge in [-0.1, -0.05) is 12.1 Å². The van der Waals surface area contributed by atoms with E-state index in [0.717, 1.165) is 16.8 Å². The van der Waals surface area contributed by atoms with Crippen molar-refractivity contribution >= 4 is 32.5 Å². The lowest BCUT2D eigenvalue weighted by Crippen LogP contribution is -2.02. The van der Waals surface area contributed by atoms with Crippen molar-refractivity contribution in [1.29, 1.82) is 0 Å². The molecule has 0 aliphatic carbocycles. The van der Waals surface area contributed by atoms with Gasteiger partial charge in [-0.05, 0) is 58.2 Å². The molecule has 20 heavy (non-hydrogen) atoms. The van der Waals surface area contributed by atoms with Crippen LogP contribution >= 0.6 is 15.9 Å². The van der Waals surface area contributed by atoms with Crippen molar-refractivity contribution in [2.24, 2.45) is 0 Å². The molecule has 3 aromatic rings. The summed E-state index contributed by atoms with van der Waals surface area (Å²) >= 11 is 3.22. The van der Waals surface area contributed by atoms with Crippen LogP contribution in [-0.2, 0) is 6.54 Å². The van der Waals surface area contributed by atoms with Crippen molar-refractivity contribution in [2.75, 3.05) is 5.32 Å². The summed E-state index contributed by atoms with van der Waals surface area (Å²) in [7, 11) is 0. The number of aryl methyl sites for hydroxylation is 1. The van der Waals surface area contributed by atoms with Gasteiger partial charge in [-0.2, -0.15) is 0 Å². The molecule has 0 radical (unpaired) electrons. The van der Waals surface area contributed by atoms with Gasteiger partial charge in [0.05, 0.1) is 4.47 Å². The number of fused-ring (bicyclic) bond motifs is 1. The Labute approximate surface area is 125 Å². The first-order valence-electron chi connectivity index (χ1n) is 6.39. The molecule has 3 rings (SSSR count). The second kappa shape index (κ2) is 5.29. The van der Waals surface area contributed by atoms with Crippen LogP contribution in [0.4, 0.5) is 10.1 Å². The Hall–Kier alpha value is -1.81. The fourth-order valence-electron chi connectivity index (χ4n) is 2.33. The van der Waals surface area contributed by atoms with Gasteiger partial charge in [0.2, 0.25) is 0 Å². The first-order chi connectivity index (χ1) is 9.65. The minimum atomic E-state index is -0.235. The zero-order valence-corrected chi connectivity index (χ0v) is 12.6. The van der Waals surface area contributed by atoms with Crippen molar-refractivity contribution < 1.29 is 4.39 Å². The number of anilines is 1. The Balaban J connectivity index is 1.86. The molecular weight excluding hydrogens is 319 g/mol. The summed E-state index contributed by atoms with van der Waals surface area (Å²) in [6.45, 7) is 2.60. The number of halogens is 2. The van der Waals surface area contributed by atoms with Crippen LogP contribution in [0.5, 0.6) is 0 Å². The zero-order chi connectivity index (χ0) is 14.1. The SMILES string of the molecule is Cc1cc(F)c(Br)cc1NCc1cccc2[nH]ccc12. The molecule has 2 N–H and O–H groups in total. The lowest BCUT2D eigenvalue weighted by atomic mass is 10.1. The fourth-order valence-corrected chi connectivity index (χ4v) is 2.68. The summed E-state index contributed by atoms with van der Waals surface area (Å²) in [6, 6.07) is 11.6. The number of hydrogen-bond acceptors (Lipinski definition) is 1. The number of H-pyrrole nitrogens is 1. The highest BCUT2D eigenvalue weighted by atomic mass is 79.9. The maximum atomic E-state index is 13.4. The molecule has 0 unspecified atom stereocenters. The number of nitrogens with one attached hydrogen (secondary N) is 2. The number of aromatic amines is 1. The molecule has 102 valence electrons. The zero-order valence-electron chi connectivity index (χ0n) is 11.0. The molecule has 0 spiro atoms. The maximum Gasteiger partial charge on any atom is 0.137 e. The van der Waals surface area contributed by atoms with Gasteiger partial charge in [-0.25, -0.2) is 4.39 Å². The topological polar surface area (TPSA) is 27.8 Å². The molecule has 2 nitrogen and oxygen atoms in total. The Morgan fingerprint density at radius 3 is 2.95 bits per heavy atom. The van der Waals surface area contributed by atoms with E-state index in [9.17, 15) is 4.39 Å². The lowest BCUT2D eigenvalue weighted by molar-refractivity contribution is 0.620. The number of hydrogen-bond donors (Lipinski definition) is 2. The third-order valence-corrected chi connectivity index (χ3v) is 4.03. The van der Waals surface area contributed by atoms with Gasteiger partial charge in [-0.15, -0.1) is 0 Å². The van der Waals surface area contributed by atoms with Gasteiger partial charge >= 0.3 is 0 Å². The molecule has 0 fully saturated rings. The van der Waals surface area contributed by atoms with Crippen molar-refractivity contribution in [3.05, 3.63) is 64.0 Å². The van der Waals surface area contributed by atoms with Gasteiger partial charge in [0, 0.05) is 29.3 Å². The third kappa shape index (κ3) is 2.43. The van der Waals surface area contributed by atoms with E-state index in [2.05, 4.69) is 44.4 Å². The van der Waals surface area contributed by atoms with Crippen LogP contribution in [0.3, 0.4) is 0 Å². The van der Waals surface area contributed by atoms with E-state index in [-0.39, 0.29) is 5.82 Å². The number of aromatic nitrogens is 1. The number of benzene rings is 2. The normalized spacial score (nSPS) is 10.9. The quantitative estimate of drug-likeness (QED) is 0.694. The van der Waals surface area contributed by atoms with Crippen LogP contribution in [0.2, 0.25) is 0 Å². The fraction of sp³-hybridized carbons (Fsp3) is 0.125. The molecule has 4 heteroatoms. The molecule has 0 saturated heterocycles. The Kier molecular flexibility index (Phi) is 3.49. The summed E-state index contributed by atoms with van der Waals surface area (Å²) < 4.78 is 13.9. The average Bonchev–Trinajstić information content (AvgIpc) is 2.90. The first kappa shape index (κ1) is 13.2. The monoisotopic (exact) mass is 332 g/mol. The lowest BCUT2D eigenvalue weighted by Gasteiger charge is -2.11. The van der Waals surface area contributed by atoms with Crippen LogP contribution in [0.15, 0.2) is 47.1 Å². The van der Waals surface area contributed by atoms with E-state index >= 15 is 0 Å². The Morgan fingerprint density at radius 2 is 2.10 bits per heavy atom. The van der Waals surface area contributed by atoms with Crippen molar-refractivity contribution in [3.63, 3.8) is 0 Å². The number of rotatable bonds is 3. The molecule has 2 aromatic carbocycles. The van der Waals surface area contributed by atoms with E-state index in [1.165, 1.54) is 17.0 Å². The molecule has 1 heterocycles. The van der Waals surface area contributed by atoms with Crippen LogP contribution in [-0.4, -0.2) is 4.98 Å². The highest BCUT2D eigenvalue weighted by Crippen LogP contribution is 2.25. The first-order valence-corrected chi connectivity index (χ1v) is 7.19. The summed E-state index contributed by atoms with van der Waals surface area (Å²) in [4.78, 5) is 3.20. The largest absolute Gasteiger partial charge is 0.381 e.